The summed E-state index contributed by atoms with van der Waals surface area (Å²) < 4.78 is 15.6. The lowest BCUT2D eigenvalue weighted by molar-refractivity contribution is 0.0136. The van der Waals surface area contributed by atoms with Crippen molar-refractivity contribution in [2.75, 3.05) is 0 Å². The highest BCUT2D eigenvalue weighted by molar-refractivity contribution is 5.88. The van der Waals surface area contributed by atoms with Crippen molar-refractivity contribution < 1.29 is 28.0 Å². The lowest BCUT2D eigenvalue weighted by atomic mass is 9.90. The number of H-pyrrole nitrogens is 2. The predicted octanol–water partition coefficient (Wildman–Crippen LogP) is 5.12. The molecule has 2 unspecified atom stereocenters. The van der Waals surface area contributed by atoms with Crippen molar-refractivity contribution in [1.29, 1.82) is 0 Å². The number of hydrogen-bond donors (Lipinski definition) is 2. The van der Waals surface area contributed by atoms with Crippen molar-refractivity contribution >= 4 is 39.7 Å². The number of oxime groups is 2. The summed E-state index contributed by atoms with van der Waals surface area (Å²) >= 11 is 0. The Balaban J connectivity index is 0.000000193. The molecule has 0 spiro atoms. The summed E-state index contributed by atoms with van der Waals surface area (Å²) in [5, 5.41) is 8.73. The smallest absolute Gasteiger partial charge is 0.410 e. The fourth-order valence-corrected chi connectivity index (χ4v) is 6.98. The number of ether oxygens (including phenoxy) is 1. The summed E-state index contributed by atoms with van der Waals surface area (Å²) in [6, 6.07) is 2.39. The average Bonchev–Trinajstić information content (AvgIpc) is 3.38. The van der Waals surface area contributed by atoms with Gasteiger partial charge in [-0.2, -0.15) is 9.97 Å². The lowest BCUT2D eigenvalue weighted by Crippen LogP contribution is -2.48. The number of nitrogens with zero attached hydrogens (tertiary/aromatic N) is 5. The minimum absolute atomic E-state index is 0.00435. The number of amides is 1. The largest absolute Gasteiger partial charge is 0.444 e. The molecule has 2 atom stereocenters. The monoisotopic (exact) mass is 747 g/mol. The molecule has 288 valence electrons. The van der Waals surface area contributed by atoms with Crippen molar-refractivity contribution in [3.63, 3.8) is 0 Å². The van der Waals surface area contributed by atoms with Gasteiger partial charge in [-0.05, 0) is 89.2 Å². The fourth-order valence-electron chi connectivity index (χ4n) is 6.98. The molecule has 4 aromatic heterocycles. The number of carbonyl (C=O) groups excluding carboxylic acids is 1. The van der Waals surface area contributed by atoms with E-state index in [1.807, 2.05) is 34.6 Å². The Morgan fingerprint density at radius 2 is 1.26 bits per heavy atom. The molecule has 2 aliphatic heterocycles. The van der Waals surface area contributed by atoms with Crippen LogP contribution in [0, 0.1) is 5.92 Å². The highest BCUT2D eigenvalue weighted by atomic mass is 16.6. The second-order valence-electron chi connectivity index (χ2n) is 14.9. The van der Waals surface area contributed by atoms with E-state index in [4.69, 9.17) is 23.2 Å². The number of carbonyl (C=O) groups is 1. The van der Waals surface area contributed by atoms with Crippen LogP contribution in [0.4, 0.5) is 4.79 Å². The van der Waals surface area contributed by atoms with Gasteiger partial charge in [-0.25, -0.2) is 14.4 Å². The highest BCUT2D eigenvalue weighted by Crippen LogP contribution is 2.35. The van der Waals surface area contributed by atoms with Crippen molar-refractivity contribution in [2.45, 2.75) is 123 Å². The molecule has 2 N–H and O–H groups in total. The Kier molecular flexibility index (Phi) is 11.1. The first-order chi connectivity index (χ1) is 25.7. The Labute approximate surface area is 308 Å². The van der Waals surface area contributed by atoms with E-state index >= 15 is 0 Å². The van der Waals surface area contributed by atoms with Crippen LogP contribution in [0.3, 0.4) is 0 Å². The predicted molar refractivity (Wildman–Crippen MR) is 198 cm³/mol. The number of fused-ring (bicyclic) bond motifs is 4. The summed E-state index contributed by atoms with van der Waals surface area (Å²) in [7, 11) is 0. The molecule has 0 aromatic carbocycles. The van der Waals surface area contributed by atoms with Gasteiger partial charge in [0.25, 0.3) is 11.1 Å². The lowest BCUT2D eigenvalue weighted by Gasteiger charge is -2.36. The van der Waals surface area contributed by atoms with E-state index in [0.29, 0.717) is 42.7 Å². The molecule has 17 heteroatoms. The maximum absolute atomic E-state index is 12.5. The quantitative estimate of drug-likeness (QED) is 0.245. The minimum Gasteiger partial charge on any atom is -0.444 e. The molecule has 54 heavy (non-hydrogen) atoms. The second-order valence-corrected chi connectivity index (χ2v) is 14.9. The fraction of sp³-hybridized carbons (Fsp3) is 0.541. The van der Waals surface area contributed by atoms with Crippen molar-refractivity contribution in [2.24, 2.45) is 16.2 Å². The van der Waals surface area contributed by atoms with E-state index in [9.17, 15) is 24.0 Å². The van der Waals surface area contributed by atoms with Crippen molar-refractivity contribution in [3.05, 3.63) is 64.8 Å². The zero-order valence-electron chi connectivity index (χ0n) is 31.3. The minimum atomic E-state index is -0.578. The van der Waals surface area contributed by atoms with Gasteiger partial charge in [0.15, 0.2) is 0 Å². The van der Waals surface area contributed by atoms with Crippen LogP contribution in [0.2, 0.25) is 0 Å². The number of aromatic amines is 2. The van der Waals surface area contributed by atoms with Gasteiger partial charge in [-0.15, -0.1) is 0 Å². The summed E-state index contributed by atoms with van der Waals surface area (Å²) in [5.41, 5.74) is 0.268. The third-order valence-electron chi connectivity index (χ3n) is 9.65. The third-order valence-corrected chi connectivity index (χ3v) is 9.65. The molecule has 4 aromatic rings. The zero-order chi connectivity index (χ0) is 38.7. The molecule has 1 amide bonds. The Hall–Kier alpha value is -5.61. The number of aromatic nitrogens is 4. The van der Waals surface area contributed by atoms with E-state index < -0.39 is 28.0 Å². The van der Waals surface area contributed by atoms with Crippen LogP contribution in [0.25, 0.3) is 22.2 Å². The first kappa shape index (κ1) is 38.1. The summed E-state index contributed by atoms with van der Waals surface area (Å²) in [6.45, 7) is 11.4. The van der Waals surface area contributed by atoms with Gasteiger partial charge in [0.1, 0.15) is 16.4 Å². The standard InChI is InChI=1S/C21H26N4O6.C16H19N3O4/c1-5-11-8-15(26)29-18-16(11)17(27)22-19(23-18)31-24-12-9-13-6-7-14(10-12)25(13)20(28)30-21(2,3)4;1-3-10-8-12(20)22-15-13(10)14(21)17-16(18-15)23-19-11-6-4-9(2)5-7-11/h8,13-14H,5-7,9-10H2,1-4H3,(H,22,23,27);8-9H,3-7H2,1-2H3,(H,17,18,21). The third kappa shape index (κ3) is 8.77. The maximum Gasteiger partial charge on any atom is 0.410 e. The topological polar surface area (TPSA) is 225 Å². The molecule has 6 heterocycles. The normalized spacial score (nSPS) is 19.7. The molecular weight excluding hydrogens is 702 g/mol. The number of piperidine rings is 1. The van der Waals surface area contributed by atoms with E-state index in [2.05, 4.69) is 37.2 Å². The van der Waals surface area contributed by atoms with Crippen LogP contribution in [0.1, 0.15) is 104 Å². The summed E-state index contributed by atoms with van der Waals surface area (Å²) in [6.07, 6.45) is 7.52. The van der Waals surface area contributed by atoms with Crippen molar-refractivity contribution in [3.8, 4) is 12.0 Å². The number of hydrogen-bond acceptors (Lipinski definition) is 14. The molecular formula is C37H45N7O10. The van der Waals surface area contributed by atoms with Gasteiger partial charge < -0.3 is 28.1 Å². The maximum atomic E-state index is 12.5. The number of rotatable bonds is 6. The molecule has 17 nitrogen and oxygen atoms in total. The molecule has 0 radical (unpaired) electrons. The second kappa shape index (κ2) is 15.8. The van der Waals surface area contributed by atoms with Gasteiger partial charge in [0, 0.05) is 37.1 Å². The SMILES string of the molecule is CCc1cc(=O)oc2nc(ON=C3CC4CCC(C3)N4C(=O)OC(C)(C)C)[nH]c(=O)c12.CCc1cc(=O)oc2nc(ON=C3CCC(C)CC3)[nH]c(=O)c12. The molecule has 1 aliphatic carbocycles. The zero-order valence-corrected chi connectivity index (χ0v) is 31.3. The van der Waals surface area contributed by atoms with E-state index in [1.165, 1.54) is 12.1 Å². The van der Waals surface area contributed by atoms with Crippen LogP contribution in [0.15, 0.2) is 50.5 Å². The number of nitrogens with one attached hydrogen (secondary N) is 2. The van der Waals surface area contributed by atoms with Crippen LogP contribution in [0.5, 0.6) is 12.0 Å². The molecule has 2 saturated heterocycles. The van der Waals surface area contributed by atoms with Crippen molar-refractivity contribution in [1.82, 2.24) is 24.8 Å². The van der Waals surface area contributed by atoms with Crippen LogP contribution in [-0.2, 0) is 17.6 Å². The molecule has 2 bridgehead atoms. The highest BCUT2D eigenvalue weighted by Gasteiger charge is 2.44. The Bertz CT molecular complexity index is 2320. The first-order valence-corrected chi connectivity index (χ1v) is 18.3. The van der Waals surface area contributed by atoms with Gasteiger partial charge in [0.2, 0.25) is 11.4 Å². The Morgan fingerprint density at radius 1 is 0.796 bits per heavy atom. The molecule has 3 aliphatic rings. The molecule has 1 saturated carbocycles. The first-order valence-electron chi connectivity index (χ1n) is 18.3. The van der Waals surface area contributed by atoms with E-state index in [-0.39, 0.29) is 52.4 Å². The van der Waals surface area contributed by atoms with E-state index in [0.717, 1.165) is 49.9 Å². The Morgan fingerprint density at radius 3 is 1.70 bits per heavy atom. The summed E-state index contributed by atoms with van der Waals surface area (Å²) in [4.78, 5) is 86.1. The van der Waals surface area contributed by atoms with Crippen LogP contribution < -0.4 is 32.0 Å². The molecule has 3 fully saturated rings. The van der Waals surface area contributed by atoms with E-state index in [1.54, 1.807) is 4.90 Å². The van der Waals surface area contributed by atoms with Gasteiger partial charge >= 0.3 is 29.4 Å². The van der Waals surface area contributed by atoms with Gasteiger partial charge in [0.05, 0.1) is 11.4 Å². The molecule has 7 rings (SSSR count). The van der Waals surface area contributed by atoms with Crippen LogP contribution >= 0.6 is 0 Å². The van der Waals surface area contributed by atoms with Crippen LogP contribution in [-0.4, -0.2) is 60.0 Å². The van der Waals surface area contributed by atoms with Gasteiger partial charge in [-0.3, -0.25) is 19.6 Å². The number of aryl methyl sites for hydroxylation is 2. The summed E-state index contributed by atoms with van der Waals surface area (Å²) in [5.74, 6) is 0.703. The van der Waals surface area contributed by atoms with Gasteiger partial charge in [-0.1, -0.05) is 31.1 Å². The average molecular weight is 748 g/mol.